The van der Waals surface area contributed by atoms with E-state index in [1.54, 1.807) is 52.1 Å². The van der Waals surface area contributed by atoms with Gasteiger partial charge in [0.05, 0.1) is 11.5 Å². The molecule has 1 aromatic carbocycles. The highest BCUT2D eigenvalue weighted by molar-refractivity contribution is 7.86. The Hall–Kier alpha value is -2.45. The van der Waals surface area contributed by atoms with E-state index in [1.807, 2.05) is 6.92 Å². The van der Waals surface area contributed by atoms with E-state index in [0.717, 1.165) is 5.56 Å². The molecule has 0 atom stereocenters. The molecule has 0 bridgehead atoms. The van der Waals surface area contributed by atoms with Crippen LogP contribution in [0.4, 0.5) is 10.6 Å². The van der Waals surface area contributed by atoms with Crippen LogP contribution in [0, 0.1) is 6.92 Å². The van der Waals surface area contributed by atoms with Crippen molar-refractivity contribution in [2.24, 2.45) is 0 Å². The van der Waals surface area contributed by atoms with Crippen LogP contribution in [0.25, 0.3) is 0 Å². The Balaban J connectivity index is 2.01. The number of ether oxygens (including phenoxy) is 1. The highest BCUT2D eigenvalue weighted by Crippen LogP contribution is 2.18. The molecule has 0 spiro atoms. The molecule has 0 N–H and O–H groups in total. The Morgan fingerprint density at radius 1 is 1.11 bits per heavy atom. The van der Waals surface area contributed by atoms with Gasteiger partial charge in [-0.3, -0.25) is 9.08 Å². The number of rotatable bonds is 5. The summed E-state index contributed by atoms with van der Waals surface area (Å²) in [5, 5.41) is 0. The standard InChI is InChI=1S/C19H24N2O5S/c1-14-6-9-16(10-7-14)27(23,24)25-13-15-8-11-17(20-12-15)21(5)18(22)26-19(2,3)4/h6-12H,13H2,1-5H3. The molecule has 0 unspecified atom stereocenters. The van der Waals surface area contributed by atoms with Crippen LogP contribution in [0.1, 0.15) is 31.9 Å². The summed E-state index contributed by atoms with van der Waals surface area (Å²) in [7, 11) is -2.30. The van der Waals surface area contributed by atoms with E-state index in [0.29, 0.717) is 11.4 Å². The highest BCUT2D eigenvalue weighted by atomic mass is 32.2. The number of aryl methyl sites for hydroxylation is 1. The zero-order valence-corrected chi connectivity index (χ0v) is 16.9. The number of hydrogen-bond donors (Lipinski definition) is 0. The van der Waals surface area contributed by atoms with E-state index >= 15 is 0 Å². The van der Waals surface area contributed by atoms with Crippen LogP contribution in [0.15, 0.2) is 47.5 Å². The molecular formula is C19H24N2O5S. The first-order chi connectivity index (χ1) is 12.5. The van der Waals surface area contributed by atoms with Crippen LogP contribution in [0.3, 0.4) is 0 Å². The van der Waals surface area contributed by atoms with E-state index in [4.69, 9.17) is 8.92 Å². The first-order valence-corrected chi connectivity index (χ1v) is 9.76. The van der Waals surface area contributed by atoms with Crippen molar-refractivity contribution in [3.63, 3.8) is 0 Å². The minimum absolute atomic E-state index is 0.0994. The number of anilines is 1. The van der Waals surface area contributed by atoms with E-state index in [9.17, 15) is 13.2 Å². The van der Waals surface area contributed by atoms with Crippen molar-refractivity contribution < 1.29 is 22.1 Å². The van der Waals surface area contributed by atoms with Crippen LogP contribution < -0.4 is 4.90 Å². The quantitative estimate of drug-likeness (QED) is 0.722. The third kappa shape index (κ3) is 6.04. The first-order valence-electron chi connectivity index (χ1n) is 8.36. The van der Waals surface area contributed by atoms with Gasteiger partial charge in [-0.15, -0.1) is 0 Å². The number of amides is 1. The molecule has 0 radical (unpaired) electrons. The van der Waals surface area contributed by atoms with Gasteiger partial charge in [0, 0.05) is 13.2 Å². The Morgan fingerprint density at radius 2 is 1.74 bits per heavy atom. The van der Waals surface area contributed by atoms with E-state index < -0.39 is 21.8 Å². The second-order valence-corrected chi connectivity index (χ2v) is 8.71. The van der Waals surface area contributed by atoms with Gasteiger partial charge in [0.1, 0.15) is 11.4 Å². The van der Waals surface area contributed by atoms with Crippen molar-refractivity contribution in [3.8, 4) is 0 Å². The number of benzene rings is 1. The van der Waals surface area contributed by atoms with Crippen LogP contribution >= 0.6 is 0 Å². The average Bonchev–Trinajstić information content (AvgIpc) is 2.59. The SMILES string of the molecule is Cc1ccc(S(=O)(=O)OCc2ccc(N(C)C(=O)OC(C)(C)C)nc2)cc1. The van der Waals surface area contributed by atoms with Crippen molar-refractivity contribution in [2.75, 3.05) is 11.9 Å². The predicted molar refractivity (Wildman–Crippen MR) is 102 cm³/mol. The normalized spacial score (nSPS) is 11.9. The Bertz CT molecular complexity index is 885. The van der Waals surface area contributed by atoms with Gasteiger partial charge in [-0.2, -0.15) is 8.42 Å². The topological polar surface area (TPSA) is 85.8 Å². The lowest BCUT2D eigenvalue weighted by Gasteiger charge is -2.24. The van der Waals surface area contributed by atoms with Gasteiger partial charge in [0.2, 0.25) is 0 Å². The van der Waals surface area contributed by atoms with Crippen molar-refractivity contribution >= 4 is 22.0 Å². The molecule has 146 valence electrons. The molecule has 0 saturated carbocycles. The van der Waals surface area contributed by atoms with Crippen LogP contribution in [0.5, 0.6) is 0 Å². The summed E-state index contributed by atoms with van der Waals surface area (Å²) >= 11 is 0. The molecule has 0 fully saturated rings. The maximum Gasteiger partial charge on any atom is 0.415 e. The molecular weight excluding hydrogens is 368 g/mol. The van der Waals surface area contributed by atoms with E-state index in [2.05, 4.69) is 4.98 Å². The smallest absolute Gasteiger partial charge is 0.415 e. The minimum Gasteiger partial charge on any atom is -0.443 e. The number of nitrogens with zero attached hydrogens (tertiary/aromatic N) is 2. The summed E-state index contributed by atoms with van der Waals surface area (Å²) in [6, 6.07) is 9.66. The van der Waals surface area contributed by atoms with E-state index in [-0.39, 0.29) is 11.5 Å². The van der Waals surface area contributed by atoms with Crippen molar-refractivity contribution in [1.82, 2.24) is 4.98 Å². The zero-order valence-electron chi connectivity index (χ0n) is 16.1. The first kappa shape index (κ1) is 20.9. The van der Waals surface area contributed by atoms with Gasteiger partial charge < -0.3 is 4.74 Å². The maximum absolute atomic E-state index is 12.2. The fourth-order valence-corrected chi connectivity index (χ4v) is 2.94. The highest BCUT2D eigenvalue weighted by Gasteiger charge is 2.21. The van der Waals surface area contributed by atoms with Gasteiger partial charge in [0.25, 0.3) is 10.1 Å². The largest absolute Gasteiger partial charge is 0.443 e. The summed E-state index contributed by atoms with van der Waals surface area (Å²) < 4.78 is 34.8. The monoisotopic (exact) mass is 392 g/mol. The molecule has 0 saturated heterocycles. The summed E-state index contributed by atoms with van der Waals surface area (Å²) in [5.74, 6) is 0.384. The van der Waals surface area contributed by atoms with E-state index in [1.165, 1.54) is 23.2 Å². The van der Waals surface area contributed by atoms with Crippen molar-refractivity contribution in [1.29, 1.82) is 0 Å². The number of aromatic nitrogens is 1. The molecule has 0 aliphatic heterocycles. The number of pyridine rings is 1. The zero-order chi connectivity index (χ0) is 20.2. The molecule has 7 nitrogen and oxygen atoms in total. The molecule has 0 aliphatic rings. The Kier molecular flexibility index (Phi) is 6.22. The van der Waals surface area contributed by atoms with Gasteiger partial charge in [-0.25, -0.2) is 9.78 Å². The lowest BCUT2D eigenvalue weighted by atomic mass is 10.2. The average molecular weight is 392 g/mol. The predicted octanol–water partition coefficient (Wildman–Crippen LogP) is 3.67. The summed E-state index contributed by atoms with van der Waals surface area (Å²) in [6.07, 6.45) is 0.932. The third-order valence-electron chi connectivity index (χ3n) is 3.51. The Morgan fingerprint density at radius 3 is 2.26 bits per heavy atom. The molecule has 8 heteroatoms. The molecule has 1 amide bonds. The van der Waals surface area contributed by atoms with Gasteiger partial charge in [0.15, 0.2) is 0 Å². The van der Waals surface area contributed by atoms with Crippen LogP contribution in [-0.2, 0) is 25.6 Å². The second-order valence-electron chi connectivity index (χ2n) is 7.09. The second kappa shape index (κ2) is 8.06. The molecule has 1 heterocycles. The molecule has 2 rings (SSSR count). The number of hydrogen-bond acceptors (Lipinski definition) is 6. The van der Waals surface area contributed by atoms with Crippen molar-refractivity contribution in [3.05, 3.63) is 53.7 Å². The number of carbonyl (C=O) groups excluding carboxylic acids is 1. The maximum atomic E-state index is 12.2. The molecule has 1 aromatic heterocycles. The van der Waals surface area contributed by atoms with Gasteiger partial charge in [-0.05, 0) is 51.5 Å². The van der Waals surface area contributed by atoms with Gasteiger partial charge in [-0.1, -0.05) is 23.8 Å². The minimum atomic E-state index is -3.85. The van der Waals surface area contributed by atoms with Gasteiger partial charge >= 0.3 is 6.09 Å². The number of carbonyl (C=O) groups is 1. The molecule has 27 heavy (non-hydrogen) atoms. The fourth-order valence-electron chi connectivity index (χ4n) is 2.04. The Labute approximate surface area is 160 Å². The molecule has 0 aliphatic carbocycles. The lowest BCUT2D eigenvalue weighted by Crippen LogP contribution is -2.34. The third-order valence-corrected chi connectivity index (χ3v) is 4.79. The van der Waals surface area contributed by atoms with Crippen LogP contribution in [0.2, 0.25) is 0 Å². The summed E-state index contributed by atoms with van der Waals surface area (Å²) in [4.78, 5) is 17.6. The fraction of sp³-hybridized carbons (Fsp3) is 0.368. The summed E-state index contributed by atoms with van der Waals surface area (Å²) in [6.45, 7) is 7.06. The summed E-state index contributed by atoms with van der Waals surface area (Å²) in [5.41, 5.74) is 0.915. The lowest BCUT2D eigenvalue weighted by molar-refractivity contribution is 0.0588. The molecule has 2 aromatic rings. The van der Waals surface area contributed by atoms with Crippen LogP contribution in [-0.4, -0.2) is 32.1 Å². The van der Waals surface area contributed by atoms with Crippen molar-refractivity contribution in [2.45, 2.75) is 44.8 Å².